The molecule has 0 aliphatic carbocycles. The Hall–Kier alpha value is -0.510. The number of hydrogen-bond acceptors (Lipinski definition) is 3. The molecular formula is C11H15Cl2N3. The number of halogens is 2. The molecule has 0 amide bonds. The molecule has 2 N–H and O–H groups in total. The van der Waals surface area contributed by atoms with Crippen LogP contribution >= 0.6 is 23.2 Å². The van der Waals surface area contributed by atoms with Gasteiger partial charge in [-0.15, -0.1) is 0 Å². The normalized spacial score (nSPS) is 20.8. The van der Waals surface area contributed by atoms with Gasteiger partial charge in [-0.1, -0.05) is 23.2 Å². The summed E-state index contributed by atoms with van der Waals surface area (Å²) in [5.41, 5.74) is 1.94. The Morgan fingerprint density at radius 2 is 2.31 bits per heavy atom. The van der Waals surface area contributed by atoms with Crippen LogP contribution in [0.25, 0.3) is 0 Å². The van der Waals surface area contributed by atoms with Crippen LogP contribution in [0.15, 0.2) is 6.07 Å². The number of hydrogen-bond donors (Lipinski definition) is 2. The van der Waals surface area contributed by atoms with Gasteiger partial charge in [-0.25, -0.2) is 4.98 Å². The maximum atomic E-state index is 6.08. The predicted octanol–water partition coefficient (Wildman–Crippen LogP) is 2.86. The van der Waals surface area contributed by atoms with Crippen molar-refractivity contribution in [3.05, 3.63) is 21.9 Å². The average molecular weight is 260 g/mol. The van der Waals surface area contributed by atoms with Crippen LogP contribution in [0.3, 0.4) is 0 Å². The van der Waals surface area contributed by atoms with Crippen molar-refractivity contribution < 1.29 is 0 Å². The second kappa shape index (κ2) is 5.21. The molecule has 3 nitrogen and oxygen atoms in total. The van der Waals surface area contributed by atoms with Gasteiger partial charge in [0.2, 0.25) is 0 Å². The lowest BCUT2D eigenvalue weighted by molar-refractivity contribution is 0.479. The number of anilines is 1. The Morgan fingerprint density at radius 3 is 2.94 bits per heavy atom. The van der Waals surface area contributed by atoms with Gasteiger partial charge < -0.3 is 10.6 Å². The number of pyridine rings is 1. The number of aryl methyl sites for hydroxylation is 1. The van der Waals surface area contributed by atoms with Crippen LogP contribution in [-0.2, 0) is 0 Å². The van der Waals surface area contributed by atoms with Gasteiger partial charge in [-0.05, 0) is 37.9 Å². The van der Waals surface area contributed by atoms with Crippen molar-refractivity contribution in [1.29, 1.82) is 0 Å². The maximum Gasteiger partial charge on any atom is 0.154 e. The Balaban J connectivity index is 2.14. The zero-order valence-corrected chi connectivity index (χ0v) is 10.7. The molecule has 1 fully saturated rings. The Kier molecular flexibility index (Phi) is 3.90. The fraction of sp³-hybridized carbons (Fsp3) is 0.545. The molecule has 1 aliphatic heterocycles. The monoisotopic (exact) mass is 259 g/mol. The predicted molar refractivity (Wildman–Crippen MR) is 68.5 cm³/mol. The highest BCUT2D eigenvalue weighted by atomic mass is 35.5. The number of rotatable bonds is 2. The van der Waals surface area contributed by atoms with Crippen molar-refractivity contribution in [3.8, 4) is 0 Å². The number of aromatic nitrogens is 1. The summed E-state index contributed by atoms with van der Waals surface area (Å²) >= 11 is 11.9. The summed E-state index contributed by atoms with van der Waals surface area (Å²) in [6.45, 7) is 4.06. The smallest absolute Gasteiger partial charge is 0.154 e. The van der Waals surface area contributed by atoms with E-state index in [0.29, 0.717) is 16.3 Å². The van der Waals surface area contributed by atoms with E-state index < -0.39 is 0 Å². The molecule has 1 aromatic rings. The van der Waals surface area contributed by atoms with Crippen LogP contribution in [0.4, 0.5) is 5.69 Å². The van der Waals surface area contributed by atoms with E-state index in [-0.39, 0.29) is 0 Å². The standard InChI is InChI=1S/C11H15Cl2N3/c1-7-5-9(12)16-11(13)10(7)15-8-3-2-4-14-6-8/h5,8,14-15H,2-4,6H2,1H3. The summed E-state index contributed by atoms with van der Waals surface area (Å²) in [6.07, 6.45) is 2.35. The largest absolute Gasteiger partial charge is 0.378 e. The van der Waals surface area contributed by atoms with Crippen molar-refractivity contribution in [2.24, 2.45) is 0 Å². The zero-order chi connectivity index (χ0) is 11.5. The van der Waals surface area contributed by atoms with Crippen LogP contribution in [0.1, 0.15) is 18.4 Å². The van der Waals surface area contributed by atoms with Crippen molar-refractivity contribution in [1.82, 2.24) is 10.3 Å². The quantitative estimate of drug-likeness (QED) is 0.803. The molecular weight excluding hydrogens is 245 g/mol. The maximum absolute atomic E-state index is 6.08. The summed E-state index contributed by atoms with van der Waals surface area (Å²) in [5, 5.41) is 7.68. The number of piperidine rings is 1. The lowest BCUT2D eigenvalue weighted by Gasteiger charge is -2.25. The Bertz CT molecular complexity index is 352. The van der Waals surface area contributed by atoms with Crippen molar-refractivity contribution >= 4 is 28.9 Å². The third-order valence-corrected chi connectivity index (χ3v) is 3.25. The fourth-order valence-electron chi connectivity index (χ4n) is 1.95. The average Bonchev–Trinajstić information content (AvgIpc) is 2.25. The fourth-order valence-corrected chi connectivity index (χ4v) is 2.53. The van der Waals surface area contributed by atoms with Gasteiger partial charge in [-0.2, -0.15) is 0 Å². The van der Waals surface area contributed by atoms with Gasteiger partial charge in [-0.3, -0.25) is 0 Å². The molecule has 0 saturated carbocycles. The second-order valence-corrected chi connectivity index (χ2v) is 4.86. The van der Waals surface area contributed by atoms with Crippen molar-refractivity contribution in [2.75, 3.05) is 18.4 Å². The van der Waals surface area contributed by atoms with E-state index in [1.54, 1.807) is 0 Å². The van der Waals surface area contributed by atoms with Crippen LogP contribution < -0.4 is 10.6 Å². The van der Waals surface area contributed by atoms with Crippen LogP contribution in [0, 0.1) is 6.92 Å². The third kappa shape index (κ3) is 2.78. The minimum Gasteiger partial charge on any atom is -0.378 e. The highest BCUT2D eigenvalue weighted by Gasteiger charge is 2.15. The molecule has 2 heterocycles. The first kappa shape index (κ1) is 12.0. The molecule has 1 unspecified atom stereocenters. The van der Waals surface area contributed by atoms with Gasteiger partial charge in [0.25, 0.3) is 0 Å². The lowest BCUT2D eigenvalue weighted by atomic mass is 10.1. The molecule has 1 aliphatic rings. The van der Waals surface area contributed by atoms with E-state index in [2.05, 4.69) is 15.6 Å². The van der Waals surface area contributed by atoms with E-state index in [9.17, 15) is 0 Å². The van der Waals surface area contributed by atoms with Crippen LogP contribution in [-0.4, -0.2) is 24.1 Å². The lowest BCUT2D eigenvalue weighted by Crippen LogP contribution is -2.38. The molecule has 5 heteroatoms. The van der Waals surface area contributed by atoms with E-state index in [1.807, 2.05) is 13.0 Å². The molecule has 1 aromatic heterocycles. The van der Waals surface area contributed by atoms with Gasteiger partial charge in [0.1, 0.15) is 5.15 Å². The SMILES string of the molecule is Cc1cc(Cl)nc(Cl)c1NC1CCCNC1. The van der Waals surface area contributed by atoms with Crippen molar-refractivity contribution in [2.45, 2.75) is 25.8 Å². The first-order valence-corrected chi connectivity index (χ1v) is 6.22. The molecule has 88 valence electrons. The van der Waals surface area contributed by atoms with Crippen LogP contribution in [0.2, 0.25) is 10.3 Å². The first-order chi connectivity index (χ1) is 7.66. The minimum absolute atomic E-state index is 0.424. The molecule has 0 aromatic carbocycles. The van der Waals surface area contributed by atoms with Crippen molar-refractivity contribution in [3.63, 3.8) is 0 Å². The minimum atomic E-state index is 0.424. The summed E-state index contributed by atoms with van der Waals surface area (Å²) in [5.74, 6) is 0. The number of nitrogens with one attached hydrogen (secondary N) is 2. The van der Waals surface area contributed by atoms with Crippen LogP contribution in [0.5, 0.6) is 0 Å². The molecule has 0 spiro atoms. The zero-order valence-electron chi connectivity index (χ0n) is 9.19. The summed E-state index contributed by atoms with van der Waals surface area (Å²) in [7, 11) is 0. The molecule has 16 heavy (non-hydrogen) atoms. The highest BCUT2D eigenvalue weighted by molar-refractivity contribution is 6.34. The Morgan fingerprint density at radius 1 is 1.50 bits per heavy atom. The first-order valence-electron chi connectivity index (χ1n) is 5.46. The summed E-state index contributed by atoms with van der Waals surface area (Å²) < 4.78 is 0. The van der Waals surface area contributed by atoms with E-state index >= 15 is 0 Å². The Labute approximate surface area is 106 Å². The van der Waals surface area contributed by atoms with E-state index in [4.69, 9.17) is 23.2 Å². The summed E-state index contributed by atoms with van der Waals surface area (Å²) in [6, 6.07) is 2.25. The topological polar surface area (TPSA) is 37.0 Å². The summed E-state index contributed by atoms with van der Waals surface area (Å²) in [4.78, 5) is 4.05. The number of nitrogens with zero attached hydrogens (tertiary/aromatic N) is 1. The molecule has 2 rings (SSSR count). The van der Waals surface area contributed by atoms with Gasteiger partial charge in [0.15, 0.2) is 5.15 Å². The van der Waals surface area contributed by atoms with Gasteiger partial charge in [0, 0.05) is 12.6 Å². The third-order valence-electron chi connectivity index (χ3n) is 2.79. The second-order valence-electron chi connectivity index (χ2n) is 4.12. The van der Waals surface area contributed by atoms with E-state index in [0.717, 1.165) is 30.8 Å². The van der Waals surface area contributed by atoms with Gasteiger partial charge in [0.05, 0.1) is 5.69 Å². The highest BCUT2D eigenvalue weighted by Crippen LogP contribution is 2.27. The van der Waals surface area contributed by atoms with E-state index in [1.165, 1.54) is 6.42 Å². The molecule has 1 saturated heterocycles. The molecule has 0 bridgehead atoms. The van der Waals surface area contributed by atoms with Gasteiger partial charge >= 0.3 is 0 Å². The molecule has 1 atom stereocenters. The molecule has 0 radical (unpaired) electrons.